The Bertz CT molecular complexity index is 646. The monoisotopic (exact) mass is 326 g/mol. The lowest BCUT2D eigenvalue weighted by Crippen LogP contribution is -2.05. The van der Waals surface area contributed by atoms with Crippen molar-refractivity contribution in [3.05, 3.63) is 58.7 Å². The molecule has 0 bridgehead atoms. The Morgan fingerprint density at radius 2 is 1.42 bits per heavy atom. The van der Waals surface area contributed by atoms with Crippen molar-refractivity contribution in [2.45, 2.75) is 65.9 Å². The topological polar surface area (TPSA) is 29.5 Å². The molecule has 0 aliphatic heterocycles. The molecule has 1 N–H and O–H groups in total. The first kappa shape index (κ1) is 18.4. The zero-order chi connectivity index (χ0) is 17.4. The van der Waals surface area contributed by atoms with Crippen molar-refractivity contribution in [2.75, 3.05) is 0 Å². The highest BCUT2D eigenvalue weighted by molar-refractivity contribution is 5.46. The van der Waals surface area contributed by atoms with Crippen LogP contribution in [0.5, 0.6) is 11.5 Å². The highest BCUT2D eigenvalue weighted by Crippen LogP contribution is 2.30. The van der Waals surface area contributed by atoms with Crippen LogP contribution in [0.25, 0.3) is 0 Å². The van der Waals surface area contributed by atoms with E-state index in [4.69, 9.17) is 4.74 Å². The number of phenols is 1. The van der Waals surface area contributed by atoms with Crippen LogP contribution in [0.2, 0.25) is 0 Å². The standard InChI is InChI=1S/C22H30O2/c1-4-9-17-14-15-22(20(11-6-3)19(17)10-5-2)24-16-18-12-7-8-13-21(18)23/h7-8,12-15,23H,4-6,9-11,16H2,1-3H3. The highest BCUT2D eigenvalue weighted by Gasteiger charge is 2.14. The van der Waals surface area contributed by atoms with Gasteiger partial charge >= 0.3 is 0 Å². The molecule has 0 spiro atoms. The van der Waals surface area contributed by atoms with E-state index in [0.29, 0.717) is 12.4 Å². The van der Waals surface area contributed by atoms with Gasteiger partial charge in [0.2, 0.25) is 0 Å². The zero-order valence-electron chi connectivity index (χ0n) is 15.3. The van der Waals surface area contributed by atoms with Gasteiger partial charge in [-0.15, -0.1) is 0 Å². The Hall–Kier alpha value is -1.96. The number of rotatable bonds is 9. The minimum Gasteiger partial charge on any atom is -0.508 e. The van der Waals surface area contributed by atoms with Crippen molar-refractivity contribution in [3.8, 4) is 11.5 Å². The van der Waals surface area contributed by atoms with Crippen LogP contribution in [0.15, 0.2) is 36.4 Å². The van der Waals surface area contributed by atoms with Gasteiger partial charge in [-0.05, 0) is 48.1 Å². The number of benzene rings is 2. The quantitative estimate of drug-likeness (QED) is 0.628. The number of hydrogen-bond donors (Lipinski definition) is 1. The number of phenolic OH excluding ortho intramolecular Hbond substituents is 1. The molecule has 2 aromatic carbocycles. The third-order valence-corrected chi connectivity index (χ3v) is 4.38. The maximum Gasteiger partial charge on any atom is 0.123 e. The van der Waals surface area contributed by atoms with Crippen LogP contribution in [0.4, 0.5) is 0 Å². The Kier molecular flexibility index (Phi) is 7.17. The summed E-state index contributed by atoms with van der Waals surface area (Å²) in [6, 6.07) is 11.7. The lowest BCUT2D eigenvalue weighted by molar-refractivity contribution is 0.295. The molecule has 2 aromatic rings. The minimum absolute atomic E-state index is 0.297. The summed E-state index contributed by atoms with van der Waals surface area (Å²) in [5, 5.41) is 9.93. The molecule has 2 nitrogen and oxygen atoms in total. The van der Waals surface area contributed by atoms with Crippen molar-refractivity contribution in [1.29, 1.82) is 0 Å². The molecular formula is C22H30O2. The highest BCUT2D eigenvalue weighted by atomic mass is 16.5. The molecule has 0 atom stereocenters. The lowest BCUT2D eigenvalue weighted by atomic mass is 9.91. The SMILES string of the molecule is CCCc1ccc(OCc2ccccc2O)c(CCC)c1CCC. The summed E-state index contributed by atoms with van der Waals surface area (Å²) in [5.74, 6) is 1.27. The third-order valence-electron chi connectivity index (χ3n) is 4.38. The predicted octanol–water partition coefficient (Wildman–Crippen LogP) is 5.83. The summed E-state index contributed by atoms with van der Waals surface area (Å²) < 4.78 is 6.12. The number of aryl methyl sites for hydroxylation is 1. The van der Waals surface area contributed by atoms with Gasteiger partial charge in [-0.2, -0.15) is 0 Å². The summed E-state index contributed by atoms with van der Waals surface area (Å²) in [6.45, 7) is 7.09. The molecule has 130 valence electrons. The second-order valence-corrected chi connectivity index (χ2v) is 6.35. The van der Waals surface area contributed by atoms with E-state index in [1.165, 1.54) is 23.1 Å². The molecule has 24 heavy (non-hydrogen) atoms. The Morgan fingerprint density at radius 1 is 0.750 bits per heavy atom. The van der Waals surface area contributed by atoms with Gasteiger partial charge in [0, 0.05) is 5.56 Å². The maximum atomic E-state index is 9.93. The smallest absolute Gasteiger partial charge is 0.123 e. The molecule has 0 aliphatic carbocycles. The van der Waals surface area contributed by atoms with Crippen molar-refractivity contribution in [2.24, 2.45) is 0 Å². The molecule has 0 aliphatic rings. The van der Waals surface area contributed by atoms with Crippen molar-refractivity contribution < 1.29 is 9.84 Å². The molecule has 0 amide bonds. The van der Waals surface area contributed by atoms with Crippen LogP contribution < -0.4 is 4.74 Å². The fourth-order valence-corrected chi connectivity index (χ4v) is 3.23. The van der Waals surface area contributed by atoms with E-state index >= 15 is 0 Å². The summed E-state index contributed by atoms with van der Waals surface area (Å²) >= 11 is 0. The van der Waals surface area contributed by atoms with E-state index in [1.54, 1.807) is 6.07 Å². The second-order valence-electron chi connectivity index (χ2n) is 6.35. The van der Waals surface area contributed by atoms with E-state index in [-0.39, 0.29) is 0 Å². The number of hydrogen-bond acceptors (Lipinski definition) is 2. The van der Waals surface area contributed by atoms with E-state index in [2.05, 4.69) is 32.9 Å². The number of ether oxygens (including phenoxy) is 1. The van der Waals surface area contributed by atoms with Gasteiger partial charge in [-0.25, -0.2) is 0 Å². The van der Waals surface area contributed by atoms with Crippen LogP contribution in [0, 0.1) is 0 Å². The van der Waals surface area contributed by atoms with Crippen LogP contribution in [-0.4, -0.2) is 5.11 Å². The van der Waals surface area contributed by atoms with Crippen molar-refractivity contribution >= 4 is 0 Å². The maximum absolute atomic E-state index is 9.93. The van der Waals surface area contributed by atoms with Gasteiger partial charge in [-0.1, -0.05) is 64.3 Å². The molecule has 0 aromatic heterocycles. The second kappa shape index (κ2) is 9.36. The van der Waals surface area contributed by atoms with Crippen molar-refractivity contribution in [3.63, 3.8) is 0 Å². The normalized spacial score (nSPS) is 10.8. The van der Waals surface area contributed by atoms with Crippen molar-refractivity contribution in [1.82, 2.24) is 0 Å². The first-order valence-electron chi connectivity index (χ1n) is 9.24. The molecule has 0 heterocycles. The van der Waals surface area contributed by atoms with Gasteiger partial charge < -0.3 is 9.84 Å². The molecule has 0 saturated carbocycles. The van der Waals surface area contributed by atoms with Crippen LogP contribution in [0.3, 0.4) is 0 Å². The van der Waals surface area contributed by atoms with E-state index in [0.717, 1.165) is 43.4 Å². The molecule has 0 unspecified atom stereocenters. The Labute approximate surface area is 146 Å². The van der Waals surface area contributed by atoms with E-state index in [9.17, 15) is 5.11 Å². The molecule has 2 rings (SSSR count). The van der Waals surface area contributed by atoms with E-state index < -0.39 is 0 Å². The van der Waals surface area contributed by atoms with E-state index in [1.807, 2.05) is 18.2 Å². The van der Waals surface area contributed by atoms with Crippen LogP contribution in [-0.2, 0) is 25.9 Å². The average Bonchev–Trinajstić information content (AvgIpc) is 2.58. The van der Waals surface area contributed by atoms with Gasteiger partial charge in [0.15, 0.2) is 0 Å². The molecular weight excluding hydrogens is 296 g/mol. The first-order chi connectivity index (χ1) is 11.7. The fourth-order valence-electron chi connectivity index (χ4n) is 3.23. The largest absolute Gasteiger partial charge is 0.508 e. The lowest BCUT2D eigenvalue weighted by Gasteiger charge is -2.19. The summed E-state index contributed by atoms with van der Waals surface area (Å²) in [4.78, 5) is 0. The predicted molar refractivity (Wildman–Crippen MR) is 101 cm³/mol. The van der Waals surface area contributed by atoms with Gasteiger partial charge in [0.05, 0.1) is 0 Å². The average molecular weight is 326 g/mol. The fraction of sp³-hybridized carbons (Fsp3) is 0.455. The van der Waals surface area contributed by atoms with Crippen LogP contribution >= 0.6 is 0 Å². The molecule has 0 fully saturated rings. The Balaban J connectivity index is 2.30. The summed E-state index contributed by atoms with van der Waals surface area (Å²) in [7, 11) is 0. The molecule has 0 radical (unpaired) electrons. The summed E-state index contributed by atoms with van der Waals surface area (Å²) in [5.41, 5.74) is 5.14. The van der Waals surface area contributed by atoms with Gasteiger partial charge in [0.1, 0.15) is 18.1 Å². The molecule has 2 heteroatoms. The zero-order valence-corrected chi connectivity index (χ0v) is 15.3. The summed E-state index contributed by atoms with van der Waals surface area (Å²) in [6.07, 6.45) is 6.71. The number of para-hydroxylation sites is 1. The van der Waals surface area contributed by atoms with Gasteiger partial charge in [0.25, 0.3) is 0 Å². The third kappa shape index (κ3) is 4.53. The molecule has 0 saturated heterocycles. The first-order valence-corrected chi connectivity index (χ1v) is 9.24. The minimum atomic E-state index is 0.297. The Morgan fingerprint density at radius 3 is 2.08 bits per heavy atom. The van der Waals surface area contributed by atoms with Gasteiger partial charge in [-0.3, -0.25) is 0 Å². The number of aromatic hydroxyl groups is 1. The van der Waals surface area contributed by atoms with Crippen LogP contribution in [0.1, 0.15) is 62.3 Å².